The third kappa shape index (κ3) is 2.55. The summed E-state index contributed by atoms with van der Waals surface area (Å²) in [4.78, 5) is 10.4. The molecule has 2 amide bonds. The van der Waals surface area contributed by atoms with E-state index >= 15 is 0 Å². The molecule has 1 fully saturated rings. The van der Waals surface area contributed by atoms with Crippen molar-refractivity contribution < 1.29 is 9.53 Å². The van der Waals surface area contributed by atoms with E-state index in [0.29, 0.717) is 6.61 Å². The van der Waals surface area contributed by atoms with Gasteiger partial charge in [-0.05, 0) is 12.8 Å². The molecule has 0 radical (unpaired) electrons. The Morgan fingerprint density at radius 2 is 2.45 bits per heavy atom. The molecule has 0 aliphatic carbocycles. The fraction of sp³-hybridized carbons (Fsp3) is 0.833. The van der Waals surface area contributed by atoms with Crippen molar-refractivity contribution in [2.24, 2.45) is 5.73 Å². The van der Waals surface area contributed by atoms with Crippen molar-refractivity contribution in [2.75, 3.05) is 6.61 Å². The van der Waals surface area contributed by atoms with Crippen LogP contribution in [0.5, 0.6) is 0 Å². The predicted octanol–water partition coefficient (Wildman–Crippen LogP) is 0.399. The summed E-state index contributed by atoms with van der Waals surface area (Å²) in [6.45, 7) is 0.633. The van der Waals surface area contributed by atoms with Crippen molar-refractivity contribution >= 4 is 17.6 Å². The maximum absolute atomic E-state index is 10.4. The smallest absolute Gasteiger partial charge is 0.314 e. The molecule has 11 heavy (non-hydrogen) atoms. The van der Waals surface area contributed by atoms with Gasteiger partial charge in [-0.25, -0.2) is 4.79 Å². The minimum atomic E-state index is -0.595. The number of nitrogens with one attached hydrogen (secondary N) is 1. The lowest BCUT2D eigenvalue weighted by Crippen LogP contribution is -2.47. The number of amides is 2. The number of primary amides is 1. The van der Waals surface area contributed by atoms with Gasteiger partial charge in [-0.2, -0.15) is 0 Å². The highest BCUT2D eigenvalue weighted by Gasteiger charge is 2.24. The van der Waals surface area contributed by atoms with Gasteiger partial charge in [-0.1, -0.05) is 0 Å². The third-order valence-electron chi connectivity index (χ3n) is 1.53. The Balaban J connectivity index is 2.35. The fourth-order valence-corrected chi connectivity index (χ4v) is 1.31. The third-order valence-corrected chi connectivity index (χ3v) is 1.98. The van der Waals surface area contributed by atoms with Crippen LogP contribution in [0.25, 0.3) is 0 Å². The second-order valence-electron chi connectivity index (χ2n) is 2.46. The first-order valence-corrected chi connectivity index (χ1v) is 3.95. The van der Waals surface area contributed by atoms with Gasteiger partial charge in [-0.15, -0.1) is 11.6 Å². The van der Waals surface area contributed by atoms with Crippen LogP contribution in [0.1, 0.15) is 12.8 Å². The van der Waals surface area contributed by atoms with Crippen LogP contribution >= 0.6 is 11.6 Å². The second kappa shape index (κ2) is 3.78. The average Bonchev–Trinajstić information content (AvgIpc) is 1.93. The molecule has 0 aromatic carbocycles. The van der Waals surface area contributed by atoms with Gasteiger partial charge in [0.25, 0.3) is 0 Å². The minimum absolute atomic E-state index is 0.156. The van der Waals surface area contributed by atoms with Crippen LogP contribution < -0.4 is 11.1 Å². The highest BCUT2D eigenvalue weighted by molar-refractivity contribution is 6.21. The van der Waals surface area contributed by atoms with E-state index in [1.807, 2.05) is 0 Å². The molecule has 3 N–H and O–H groups in total. The van der Waals surface area contributed by atoms with Gasteiger partial charge < -0.3 is 15.8 Å². The monoisotopic (exact) mass is 178 g/mol. The molecule has 0 spiro atoms. The molecule has 0 aromatic rings. The average molecular weight is 179 g/mol. The topological polar surface area (TPSA) is 64.4 Å². The Labute approximate surface area is 70.0 Å². The normalized spacial score (nSPS) is 31.4. The summed E-state index contributed by atoms with van der Waals surface area (Å²) in [5, 5.41) is 2.26. The van der Waals surface area contributed by atoms with E-state index in [1.165, 1.54) is 0 Å². The number of urea groups is 1. The Morgan fingerprint density at radius 3 is 3.00 bits per heavy atom. The van der Waals surface area contributed by atoms with Gasteiger partial charge in [0.05, 0.1) is 5.38 Å². The van der Waals surface area contributed by atoms with E-state index in [4.69, 9.17) is 22.1 Å². The first kappa shape index (κ1) is 8.62. The van der Waals surface area contributed by atoms with Crippen molar-refractivity contribution in [1.29, 1.82) is 0 Å². The number of rotatable bonds is 1. The molecular formula is C6H11ClN2O2. The summed E-state index contributed by atoms with van der Waals surface area (Å²) in [6.07, 6.45) is 1.38. The molecule has 1 rings (SSSR count). The van der Waals surface area contributed by atoms with Crippen molar-refractivity contribution in [1.82, 2.24) is 5.32 Å². The van der Waals surface area contributed by atoms with Crippen LogP contribution in [0.2, 0.25) is 0 Å². The number of ether oxygens (including phenoxy) is 1. The molecule has 64 valence electrons. The molecule has 1 aliphatic heterocycles. The number of nitrogens with two attached hydrogens (primary N) is 1. The summed E-state index contributed by atoms with van der Waals surface area (Å²) in [6, 6.07) is -0.595. The summed E-state index contributed by atoms with van der Waals surface area (Å²) >= 11 is 5.83. The summed E-state index contributed by atoms with van der Waals surface area (Å²) in [5.41, 5.74) is 4.90. The second-order valence-corrected chi connectivity index (χ2v) is 3.02. The largest absolute Gasteiger partial charge is 0.357 e. The van der Waals surface area contributed by atoms with Crippen LogP contribution in [0.15, 0.2) is 0 Å². The van der Waals surface area contributed by atoms with E-state index in [0.717, 1.165) is 12.8 Å². The zero-order valence-electron chi connectivity index (χ0n) is 6.05. The van der Waals surface area contributed by atoms with Crippen LogP contribution in [-0.4, -0.2) is 24.2 Å². The molecule has 0 saturated carbocycles. The van der Waals surface area contributed by atoms with Crippen molar-refractivity contribution in [3.05, 3.63) is 0 Å². The van der Waals surface area contributed by atoms with Gasteiger partial charge in [-0.3, -0.25) is 0 Å². The number of carbonyl (C=O) groups is 1. The Morgan fingerprint density at radius 1 is 1.73 bits per heavy atom. The Bertz CT molecular complexity index is 154. The molecule has 2 unspecified atom stereocenters. The van der Waals surface area contributed by atoms with Crippen molar-refractivity contribution in [3.8, 4) is 0 Å². The Hall–Kier alpha value is -0.480. The number of alkyl halides is 1. The van der Waals surface area contributed by atoms with Gasteiger partial charge in [0, 0.05) is 6.61 Å². The molecule has 5 heteroatoms. The van der Waals surface area contributed by atoms with E-state index in [-0.39, 0.29) is 5.38 Å². The molecule has 1 saturated heterocycles. The number of halogens is 1. The molecule has 1 aliphatic rings. The molecule has 2 atom stereocenters. The van der Waals surface area contributed by atoms with Gasteiger partial charge in [0.15, 0.2) is 0 Å². The van der Waals surface area contributed by atoms with Gasteiger partial charge in [0.2, 0.25) is 0 Å². The number of carbonyl (C=O) groups excluding carboxylic acids is 1. The molecule has 0 aromatic heterocycles. The van der Waals surface area contributed by atoms with Crippen LogP contribution in [0.4, 0.5) is 4.79 Å². The first-order chi connectivity index (χ1) is 5.20. The van der Waals surface area contributed by atoms with Gasteiger partial charge >= 0.3 is 6.03 Å². The maximum atomic E-state index is 10.4. The molecule has 4 nitrogen and oxygen atoms in total. The summed E-state index contributed by atoms with van der Waals surface area (Å²) in [5.74, 6) is 0. The summed E-state index contributed by atoms with van der Waals surface area (Å²) < 4.78 is 5.16. The van der Waals surface area contributed by atoms with E-state index in [2.05, 4.69) is 5.32 Å². The Kier molecular flexibility index (Phi) is 2.96. The number of hydrogen-bond donors (Lipinski definition) is 2. The van der Waals surface area contributed by atoms with Crippen molar-refractivity contribution in [2.45, 2.75) is 24.4 Å². The zero-order valence-corrected chi connectivity index (χ0v) is 6.80. The fourth-order valence-electron chi connectivity index (χ4n) is 1.02. The standard InChI is InChI=1S/C6H11ClN2O2/c7-4-2-1-3-11-5(4)9-6(8)10/h4-5H,1-3H2,(H3,8,9,10). The quantitative estimate of drug-likeness (QED) is 0.571. The van der Waals surface area contributed by atoms with Crippen LogP contribution in [0.3, 0.4) is 0 Å². The van der Waals surface area contributed by atoms with E-state index in [9.17, 15) is 4.79 Å². The molecule has 1 heterocycles. The first-order valence-electron chi connectivity index (χ1n) is 3.52. The maximum Gasteiger partial charge on any atom is 0.314 e. The highest BCUT2D eigenvalue weighted by Crippen LogP contribution is 2.16. The van der Waals surface area contributed by atoms with Crippen LogP contribution in [0, 0.1) is 0 Å². The van der Waals surface area contributed by atoms with Crippen LogP contribution in [-0.2, 0) is 4.74 Å². The minimum Gasteiger partial charge on any atom is -0.357 e. The SMILES string of the molecule is NC(=O)NC1OCCCC1Cl. The highest BCUT2D eigenvalue weighted by atomic mass is 35.5. The lowest BCUT2D eigenvalue weighted by molar-refractivity contribution is 0.00636. The molecular weight excluding hydrogens is 168 g/mol. The van der Waals surface area contributed by atoms with E-state index < -0.39 is 12.3 Å². The lowest BCUT2D eigenvalue weighted by Gasteiger charge is -2.27. The zero-order chi connectivity index (χ0) is 8.27. The number of hydrogen-bond acceptors (Lipinski definition) is 2. The lowest BCUT2D eigenvalue weighted by atomic mass is 10.2. The van der Waals surface area contributed by atoms with E-state index in [1.54, 1.807) is 0 Å². The van der Waals surface area contributed by atoms with Crippen molar-refractivity contribution in [3.63, 3.8) is 0 Å². The molecule has 0 bridgehead atoms. The predicted molar refractivity (Wildman–Crippen MR) is 41.3 cm³/mol. The van der Waals surface area contributed by atoms with Gasteiger partial charge in [0.1, 0.15) is 6.23 Å². The summed E-state index contributed by atoms with van der Waals surface area (Å²) in [7, 11) is 0.